The van der Waals surface area contributed by atoms with Crippen molar-refractivity contribution in [3.05, 3.63) is 277 Å². The molecular weight excluding hydrogens is 841 g/mol. The molecule has 2 nitrogen and oxygen atoms in total. The molecule has 13 aromatic rings. The third kappa shape index (κ3) is 5.70. The topological polar surface area (TPSA) is 8.17 Å². The molecule has 0 spiro atoms. The van der Waals surface area contributed by atoms with Gasteiger partial charge >= 0.3 is 0 Å². The molecule has 0 atom stereocenters. The van der Waals surface area contributed by atoms with Crippen LogP contribution < -0.4 is 4.90 Å². The third-order valence-corrected chi connectivity index (χ3v) is 15.7. The first-order valence-electron chi connectivity index (χ1n) is 23.4. The predicted octanol–water partition coefficient (Wildman–Crippen LogP) is 17.8. The molecule has 14 rings (SSSR count). The number of aromatic nitrogens is 1. The highest BCUT2D eigenvalue weighted by Crippen LogP contribution is 2.57. The van der Waals surface area contributed by atoms with Gasteiger partial charge in [0.1, 0.15) is 0 Å². The first-order chi connectivity index (χ1) is 33.7. The van der Waals surface area contributed by atoms with Gasteiger partial charge in [-0.15, -0.1) is 11.3 Å². The van der Waals surface area contributed by atoms with E-state index in [4.69, 9.17) is 0 Å². The van der Waals surface area contributed by atoms with E-state index in [1.54, 1.807) is 0 Å². The van der Waals surface area contributed by atoms with Crippen LogP contribution in [-0.4, -0.2) is 4.57 Å². The Kier molecular flexibility index (Phi) is 8.71. The Morgan fingerprint density at radius 1 is 0.382 bits per heavy atom. The van der Waals surface area contributed by atoms with Gasteiger partial charge in [0.25, 0.3) is 0 Å². The lowest BCUT2D eigenvalue weighted by Crippen LogP contribution is -2.28. The van der Waals surface area contributed by atoms with E-state index in [9.17, 15) is 0 Å². The van der Waals surface area contributed by atoms with Crippen molar-refractivity contribution in [1.29, 1.82) is 0 Å². The van der Waals surface area contributed by atoms with Gasteiger partial charge in [-0.3, -0.25) is 0 Å². The molecule has 3 heteroatoms. The second-order valence-electron chi connectivity index (χ2n) is 18.0. The van der Waals surface area contributed by atoms with Crippen LogP contribution in [0.3, 0.4) is 0 Å². The summed E-state index contributed by atoms with van der Waals surface area (Å²) in [5.74, 6) is 0. The molecular formula is C65H42N2S. The van der Waals surface area contributed by atoms with Crippen molar-refractivity contribution < 1.29 is 0 Å². The van der Waals surface area contributed by atoms with Gasteiger partial charge < -0.3 is 9.47 Å². The number of nitrogens with zero attached hydrogens (tertiary/aromatic N) is 2. The van der Waals surface area contributed by atoms with Crippen LogP contribution in [0.1, 0.15) is 22.3 Å². The van der Waals surface area contributed by atoms with E-state index in [0.717, 1.165) is 22.7 Å². The molecule has 2 heterocycles. The minimum atomic E-state index is -0.517. The first kappa shape index (κ1) is 38.7. The highest BCUT2D eigenvalue weighted by molar-refractivity contribution is 7.26. The van der Waals surface area contributed by atoms with Crippen molar-refractivity contribution in [3.8, 4) is 27.9 Å². The highest BCUT2D eigenvalue weighted by Gasteiger charge is 2.46. The summed E-state index contributed by atoms with van der Waals surface area (Å²) in [6, 6.07) is 94.3. The third-order valence-electron chi connectivity index (χ3n) is 14.5. The lowest BCUT2D eigenvalue weighted by atomic mass is 9.67. The van der Waals surface area contributed by atoms with Crippen LogP contribution in [0.5, 0.6) is 0 Å². The maximum absolute atomic E-state index is 2.49. The van der Waals surface area contributed by atoms with E-state index >= 15 is 0 Å². The highest BCUT2D eigenvalue weighted by atomic mass is 32.1. The number of thiophene rings is 1. The van der Waals surface area contributed by atoms with Gasteiger partial charge in [0, 0.05) is 48.7 Å². The predicted molar refractivity (Wildman–Crippen MR) is 289 cm³/mol. The summed E-state index contributed by atoms with van der Waals surface area (Å²) in [5.41, 5.74) is 16.5. The van der Waals surface area contributed by atoms with Gasteiger partial charge in [-0.05, 0) is 104 Å². The fraction of sp³-hybridized carbons (Fsp3) is 0.0154. The maximum atomic E-state index is 2.49. The molecule has 0 aliphatic heterocycles. The molecule has 0 saturated carbocycles. The molecule has 68 heavy (non-hydrogen) atoms. The molecule has 0 amide bonds. The maximum Gasteiger partial charge on any atom is 0.0714 e. The fourth-order valence-electron chi connectivity index (χ4n) is 11.5. The molecule has 1 aliphatic rings. The summed E-state index contributed by atoms with van der Waals surface area (Å²) in [6.45, 7) is 0. The quantitative estimate of drug-likeness (QED) is 0.155. The monoisotopic (exact) mass is 882 g/mol. The number of rotatable bonds is 7. The van der Waals surface area contributed by atoms with E-state index in [1.165, 1.54) is 97.3 Å². The SMILES string of the molecule is c1ccc(-n2c3cc(-c4ccc(N(c5ccc6c(c5)C(c5ccccc5)(c5ccccc5)c5ccccc5-6)c5cccc6c5sc5ccccc56)cc4)ccc3c3ccc4ccccc4c32)cc1. The average Bonchev–Trinajstić information content (AvgIpc) is 4.06. The van der Waals surface area contributed by atoms with E-state index in [0.29, 0.717) is 0 Å². The summed E-state index contributed by atoms with van der Waals surface area (Å²) in [4.78, 5) is 2.49. The van der Waals surface area contributed by atoms with E-state index < -0.39 is 5.41 Å². The van der Waals surface area contributed by atoms with Crippen LogP contribution in [0.4, 0.5) is 17.1 Å². The molecule has 0 unspecified atom stereocenters. The number of hydrogen-bond donors (Lipinski definition) is 0. The molecule has 1 aliphatic carbocycles. The van der Waals surface area contributed by atoms with Gasteiger partial charge in [-0.1, -0.05) is 200 Å². The van der Waals surface area contributed by atoms with E-state index in [2.05, 4.69) is 264 Å². The van der Waals surface area contributed by atoms with Crippen molar-refractivity contribution in [2.75, 3.05) is 4.90 Å². The number of fused-ring (bicyclic) bond motifs is 11. The Labute approximate surface area is 398 Å². The average molecular weight is 883 g/mol. The van der Waals surface area contributed by atoms with Crippen molar-refractivity contribution >= 4 is 81.1 Å². The fourth-order valence-corrected chi connectivity index (χ4v) is 12.7. The van der Waals surface area contributed by atoms with Crippen LogP contribution in [0, 0.1) is 0 Å². The molecule has 11 aromatic carbocycles. The molecule has 2 aromatic heterocycles. The lowest BCUT2D eigenvalue weighted by molar-refractivity contribution is 0.768. The van der Waals surface area contributed by atoms with Gasteiger partial charge in [-0.25, -0.2) is 0 Å². The van der Waals surface area contributed by atoms with Gasteiger partial charge in [0.15, 0.2) is 0 Å². The zero-order valence-electron chi connectivity index (χ0n) is 37.1. The Morgan fingerprint density at radius 2 is 1.00 bits per heavy atom. The minimum absolute atomic E-state index is 0.517. The molecule has 0 bridgehead atoms. The molecule has 0 saturated heterocycles. The summed E-state index contributed by atoms with van der Waals surface area (Å²) in [7, 11) is 0. The standard InChI is InChI=1S/C65H42N2S/c1-4-18-46(19-5-1)65(47-20-6-2-7-21-47)58-28-14-12-25-52(58)53-40-37-50(42-59(53)65)66(60-29-16-27-57-55-26-13-15-30-62(55)68-64(57)60)49-35-31-43(32-36-49)45-34-38-54-56-39-33-44-17-10-11-24-51(44)63(56)67(61(54)41-45)48-22-8-3-9-23-48/h1-42H. The summed E-state index contributed by atoms with van der Waals surface area (Å²) in [5, 5.41) is 7.57. The second kappa shape index (κ2) is 15.3. The number of para-hydroxylation sites is 1. The number of hydrogen-bond acceptors (Lipinski definition) is 2. The summed E-state index contributed by atoms with van der Waals surface area (Å²) >= 11 is 1.87. The van der Waals surface area contributed by atoms with Crippen LogP contribution in [0.25, 0.3) is 80.7 Å². The first-order valence-corrected chi connectivity index (χ1v) is 24.2. The summed E-state index contributed by atoms with van der Waals surface area (Å²) < 4.78 is 5.01. The molecule has 318 valence electrons. The van der Waals surface area contributed by atoms with Crippen LogP contribution in [0.15, 0.2) is 255 Å². The zero-order valence-corrected chi connectivity index (χ0v) is 37.9. The Balaban J connectivity index is 0.973. The van der Waals surface area contributed by atoms with Crippen molar-refractivity contribution in [2.45, 2.75) is 5.41 Å². The van der Waals surface area contributed by atoms with Crippen molar-refractivity contribution in [2.24, 2.45) is 0 Å². The summed E-state index contributed by atoms with van der Waals surface area (Å²) in [6.07, 6.45) is 0. The van der Waals surface area contributed by atoms with Gasteiger partial charge in [0.05, 0.1) is 26.8 Å². The van der Waals surface area contributed by atoms with Crippen molar-refractivity contribution in [1.82, 2.24) is 4.57 Å². The van der Waals surface area contributed by atoms with E-state index in [1.807, 2.05) is 11.3 Å². The van der Waals surface area contributed by atoms with Crippen molar-refractivity contribution in [3.63, 3.8) is 0 Å². The number of anilines is 3. The Morgan fingerprint density at radius 3 is 1.79 bits per heavy atom. The lowest BCUT2D eigenvalue weighted by Gasteiger charge is -2.35. The molecule has 0 fully saturated rings. The second-order valence-corrected chi connectivity index (χ2v) is 19.0. The molecule has 0 N–H and O–H groups in total. The Hall–Kier alpha value is -8.50. The number of benzene rings is 11. The molecule has 0 radical (unpaired) electrons. The smallest absolute Gasteiger partial charge is 0.0714 e. The zero-order chi connectivity index (χ0) is 44.8. The largest absolute Gasteiger partial charge is 0.309 e. The van der Waals surface area contributed by atoms with Crippen LogP contribution in [-0.2, 0) is 5.41 Å². The normalized spacial score (nSPS) is 12.8. The van der Waals surface area contributed by atoms with Crippen LogP contribution in [0.2, 0.25) is 0 Å². The van der Waals surface area contributed by atoms with Crippen LogP contribution >= 0.6 is 11.3 Å². The Bertz CT molecular complexity index is 4030. The van der Waals surface area contributed by atoms with Gasteiger partial charge in [-0.2, -0.15) is 0 Å². The van der Waals surface area contributed by atoms with E-state index in [-0.39, 0.29) is 0 Å². The van der Waals surface area contributed by atoms with Gasteiger partial charge in [0.2, 0.25) is 0 Å². The minimum Gasteiger partial charge on any atom is -0.309 e.